The number of hydrogen-bond acceptors (Lipinski definition) is 3. The minimum Gasteiger partial charge on any atom is -0.376 e. The van der Waals surface area contributed by atoms with E-state index in [1.54, 1.807) is 0 Å². The zero-order valence-electron chi connectivity index (χ0n) is 13.1. The highest BCUT2D eigenvalue weighted by atomic mass is 16.5. The SMILES string of the molecule is C[C@@H]1CN2C[C@H](NC(=O)NCCc3ccccc3)C[C@H]2CO1. The van der Waals surface area contributed by atoms with Crippen LogP contribution in [0.1, 0.15) is 18.9 Å². The number of urea groups is 1. The van der Waals surface area contributed by atoms with E-state index in [4.69, 9.17) is 4.74 Å². The minimum absolute atomic E-state index is 0.0604. The van der Waals surface area contributed by atoms with Gasteiger partial charge in [-0.1, -0.05) is 30.3 Å². The second-order valence-electron chi connectivity index (χ2n) is 6.32. The molecule has 2 heterocycles. The third-order valence-electron chi connectivity index (χ3n) is 4.47. The molecule has 2 saturated heterocycles. The first-order valence-electron chi connectivity index (χ1n) is 8.14. The van der Waals surface area contributed by atoms with Crippen LogP contribution in [0.15, 0.2) is 30.3 Å². The molecule has 3 atom stereocenters. The normalized spacial score (nSPS) is 28.1. The molecule has 0 aromatic heterocycles. The van der Waals surface area contributed by atoms with Crippen LogP contribution in [-0.4, -0.2) is 55.4 Å². The first kappa shape index (κ1) is 15.3. The van der Waals surface area contributed by atoms with Crippen LogP contribution in [0.5, 0.6) is 0 Å². The molecule has 2 aliphatic heterocycles. The predicted octanol–water partition coefficient (Wildman–Crippen LogP) is 1.39. The third-order valence-corrected chi connectivity index (χ3v) is 4.47. The fourth-order valence-corrected chi connectivity index (χ4v) is 3.35. The molecule has 0 radical (unpaired) electrons. The van der Waals surface area contributed by atoms with Gasteiger partial charge in [-0.05, 0) is 25.3 Å². The van der Waals surface area contributed by atoms with E-state index >= 15 is 0 Å². The zero-order chi connectivity index (χ0) is 15.4. The van der Waals surface area contributed by atoms with E-state index in [2.05, 4.69) is 34.6 Å². The number of rotatable bonds is 4. The number of morpholine rings is 1. The Kier molecular flexibility index (Phi) is 4.95. The number of carbonyl (C=O) groups excluding carboxylic acids is 1. The van der Waals surface area contributed by atoms with Crippen molar-refractivity contribution in [2.75, 3.05) is 26.2 Å². The van der Waals surface area contributed by atoms with Gasteiger partial charge in [-0.2, -0.15) is 0 Å². The van der Waals surface area contributed by atoms with Crippen molar-refractivity contribution in [3.63, 3.8) is 0 Å². The Morgan fingerprint density at radius 3 is 2.95 bits per heavy atom. The van der Waals surface area contributed by atoms with Gasteiger partial charge in [0.2, 0.25) is 0 Å². The van der Waals surface area contributed by atoms with E-state index in [1.807, 2.05) is 18.2 Å². The van der Waals surface area contributed by atoms with Crippen LogP contribution in [0.25, 0.3) is 0 Å². The fraction of sp³-hybridized carbons (Fsp3) is 0.588. The van der Waals surface area contributed by atoms with E-state index in [1.165, 1.54) is 5.56 Å². The predicted molar refractivity (Wildman–Crippen MR) is 85.9 cm³/mol. The molecule has 1 aromatic rings. The molecule has 2 amide bonds. The summed E-state index contributed by atoms with van der Waals surface area (Å²) in [5.74, 6) is 0. The van der Waals surface area contributed by atoms with Gasteiger partial charge in [-0.25, -0.2) is 4.79 Å². The smallest absolute Gasteiger partial charge is 0.315 e. The summed E-state index contributed by atoms with van der Waals surface area (Å²) in [6.45, 7) is 5.46. The fourth-order valence-electron chi connectivity index (χ4n) is 3.35. The van der Waals surface area contributed by atoms with Gasteiger partial charge in [0.25, 0.3) is 0 Å². The van der Waals surface area contributed by atoms with Gasteiger partial charge in [0.1, 0.15) is 0 Å². The summed E-state index contributed by atoms with van der Waals surface area (Å²) in [6, 6.07) is 10.8. The maximum absolute atomic E-state index is 12.0. The first-order chi connectivity index (χ1) is 10.7. The van der Waals surface area contributed by atoms with Crippen LogP contribution in [-0.2, 0) is 11.2 Å². The average molecular weight is 303 g/mol. The minimum atomic E-state index is -0.0604. The quantitative estimate of drug-likeness (QED) is 0.884. The Balaban J connectivity index is 1.37. The highest BCUT2D eigenvalue weighted by Gasteiger charge is 2.36. The van der Waals surface area contributed by atoms with Gasteiger partial charge < -0.3 is 15.4 Å². The second-order valence-corrected chi connectivity index (χ2v) is 6.32. The van der Waals surface area contributed by atoms with Gasteiger partial charge in [0, 0.05) is 31.7 Å². The van der Waals surface area contributed by atoms with Gasteiger partial charge in [-0.3, -0.25) is 4.90 Å². The average Bonchev–Trinajstić information content (AvgIpc) is 2.89. The molecule has 0 aliphatic carbocycles. The lowest BCUT2D eigenvalue weighted by atomic mass is 10.1. The van der Waals surface area contributed by atoms with E-state index in [0.717, 1.165) is 32.5 Å². The van der Waals surface area contributed by atoms with E-state index in [9.17, 15) is 4.79 Å². The molecule has 0 spiro atoms. The number of ether oxygens (including phenoxy) is 1. The number of benzene rings is 1. The summed E-state index contributed by atoms with van der Waals surface area (Å²) < 4.78 is 5.69. The Morgan fingerprint density at radius 2 is 2.14 bits per heavy atom. The van der Waals surface area contributed by atoms with Crippen LogP contribution in [0, 0.1) is 0 Å². The first-order valence-corrected chi connectivity index (χ1v) is 8.14. The van der Waals surface area contributed by atoms with Crippen LogP contribution in [0.2, 0.25) is 0 Å². The van der Waals surface area contributed by atoms with Crippen molar-refractivity contribution in [1.29, 1.82) is 0 Å². The van der Waals surface area contributed by atoms with E-state index in [-0.39, 0.29) is 12.1 Å². The Hall–Kier alpha value is -1.59. The van der Waals surface area contributed by atoms with Crippen molar-refractivity contribution >= 4 is 6.03 Å². The maximum Gasteiger partial charge on any atom is 0.315 e. The largest absolute Gasteiger partial charge is 0.376 e. The Bertz CT molecular complexity index is 494. The number of nitrogens with zero attached hydrogens (tertiary/aromatic N) is 1. The second kappa shape index (κ2) is 7.11. The maximum atomic E-state index is 12.0. The van der Waals surface area contributed by atoms with Gasteiger partial charge in [0.15, 0.2) is 0 Å². The molecule has 5 nitrogen and oxygen atoms in total. The lowest BCUT2D eigenvalue weighted by Crippen LogP contribution is -2.46. The van der Waals surface area contributed by atoms with Crippen molar-refractivity contribution in [3.05, 3.63) is 35.9 Å². The summed E-state index contributed by atoms with van der Waals surface area (Å²) in [5.41, 5.74) is 1.24. The van der Waals surface area contributed by atoms with Crippen molar-refractivity contribution in [2.45, 2.75) is 38.0 Å². The highest BCUT2D eigenvalue weighted by Crippen LogP contribution is 2.22. The molecule has 3 rings (SSSR count). The molecule has 2 fully saturated rings. The number of carbonyl (C=O) groups is 1. The van der Waals surface area contributed by atoms with E-state index in [0.29, 0.717) is 18.7 Å². The van der Waals surface area contributed by atoms with Gasteiger partial charge >= 0.3 is 6.03 Å². The van der Waals surface area contributed by atoms with Crippen molar-refractivity contribution in [3.8, 4) is 0 Å². The number of hydrogen-bond donors (Lipinski definition) is 2. The molecule has 0 bridgehead atoms. The van der Waals surface area contributed by atoms with Crippen LogP contribution in [0.4, 0.5) is 4.79 Å². The highest BCUT2D eigenvalue weighted by molar-refractivity contribution is 5.74. The van der Waals surface area contributed by atoms with Crippen molar-refractivity contribution in [1.82, 2.24) is 15.5 Å². The Labute approximate surface area is 132 Å². The zero-order valence-corrected chi connectivity index (χ0v) is 13.1. The lowest BCUT2D eigenvalue weighted by molar-refractivity contribution is -0.0390. The molecule has 1 aromatic carbocycles. The number of amides is 2. The summed E-state index contributed by atoms with van der Waals surface area (Å²) in [5, 5.41) is 6.04. The molecule has 5 heteroatoms. The summed E-state index contributed by atoms with van der Waals surface area (Å²) in [4.78, 5) is 14.4. The topological polar surface area (TPSA) is 53.6 Å². The number of fused-ring (bicyclic) bond motifs is 1. The molecule has 120 valence electrons. The molecule has 2 aliphatic rings. The lowest BCUT2D eigenvalue weighted by Gasteiger charge is -2.33. The molecular weight excluding hydrogens is 278 g/mol. The molecular formula is C17H25N3O2. The van der Waals surface area contributed by atoms with Gasteiger partial charge in [-0.15, -0.1) is 0 Å². The summed E-state index contributed by atoms with van der Waals surface area (Å²) in [7, 11) is 0. The molecule has 2 N–H and O–H groups in total. The van der Waals surface area contributed by atoms with Crippen LogP contribution >= 0.6 is 0 Å². The number of nitrogens with one attached hydrogen (secondary N) is 2. The van der Waals surface area contributed by atoms with E-state index < -0.39 is 0 Å². The molecule has 22 heavy (non-hydrogen) atoms. The third kappa shape index (κ3) is 3.99. The van der Waals surface area contributed by atoms with Crippen molar-refractivity contribution in [2.24, 2.45) is 0 Å². The summed E-state index contributed by atoms with van der Waals surface area (Å²) >= 11 is 0. The molecule has 0 unspecified atom stereocenters. The monoisotopic (exact) mass is 303 g/mol. The van der Waals surface area contributed by atoms with Gasteiger partial charge in [0.05, 0.1) is 12.7 Å². The standard InChI is InChI=1S/C17H25N3O2/c1-13-10-20-11-15(9-16(20)12-22-13)19-17(21)18-8-7-14-5-3-2-4-6-14/h2-6,13,15-16H,7-12H2,1H3,(H2,18,19,21)/t13-,15-,16+/m1/s1. The van der Waals surface area contributed by atoms with Crippen LogP contribution in [0.3, 0.4) is 0 Å². The van der Waals surface area contributed by atoms with Crippen molar-refractivity contribution < 1.29 is 9.53 Å². The Morgan fingerprint density at radius 1 is 1.32 bits per heavy atom. The molecule has 0 saturated carbocycles. The summed E-state index contributed by atoms with van der Waals surface area (Å²) in [6.07, 6.45) is 2.15. The van der Waals surface area contributed by atoms with Crippen LogP contribution < -0.4 is 10.6 Å².